The fourth-order valence-electron chi connectivity index (χ4n) is 7.63. The zero-order valence-electron chi connectivity index (χ0n) is 33.3. The molecule has 0 saturated carbocycles. The van der Waals surface area contributed by atoms with Crippen molar-refractivity contribution >= 4 is 63.5 Å². The first-order chi connectivity index (χ1) is 28.9. The van der Waals surface area contributed by atoms with E-state index in [-0.39, 0.29) is 30.9 Å². The van der Waals surface area contributed by atoms with Crippen LogP contribution in [0.25, 0.3) is 0 Å². The van der Waals surface area contributed by atoms with Crippen LogP contribution >= 0.6 is 11.8 Å². The third-order valence-corrected chi connectivity index (χ3v) is 15.3. The van der Waals surface area contributed by atoms with Crippen molar-refractivity contribution in [1.29, 1.82) is 0 Å². The van der Waals surface area contributed by atoms with Crippen molar-refractivity contribution in [3.05, 3.63) is 102 Å². The number of thioether (sulfide) groups is 1. The molecule has 0 aliphatic carbocycles. The largest absolute Gasteiger partial charge is 0.516 e. The highest BCUT2D eigenvalue weighted by molar-refractivity contribution is 8.01. The number of hydrogen-bond acceptors (Lipinski definition) is 15. The van der Waals surface area contributed by atoms with Crippen molar-refractivity contribution < 1.29 is 65.7 Å². The predicted molar refractivity (Wildman–Crippen MR) is 213 cm³/mol. The summed E-state index contributed by atoms with van der Waals surface area (Å²) in [7, 11) is -3.86. The second kappa shape index (κ2) is 16.7. The Bertz CT molecular complexity index is 2340. The van der Waals surface area contributed by atoms with Gasteiger partial charge in [-0.15, -0.1) is 11.8 Å². The van der Waals surface area contributed by atoms with Crippen LogP contribution in [0.2, 0.25) is 0 Å². The molecule has 3 aromatic rings. The second-order valence-corrected chi connectivity index (χ2v) is 20.1. The summed E-state index contributed by atoms with van der Waals surface area (Å²) in [4.78, 5) is 93.7. The van der Waals surface area contributed by atoms with Gasteiger partial charge in [-0.25, -0.2) is 27.6 Å². The lowest BCUT2D eigenvalue weighted by Crippen LogP contribution is -2.71. The lowest BCUT2D eigenvalue weighted by atomic mass is 9.95. The molecule has 20 heteroatoms. The monoisotopic (exact) mass is 878 g/mol. The van der Waals surface area contributed by atoms with Crippen LogP contribution in [0.15, 0.2) is 84.9 Å². The number of benzene rings is 3. The minimum atomic E-state index is -3.86. The van der Waals surface area contributed by atoms with E-state index in [2.05, 4.69) is 10.6 Å². The van der Waals surface area contributed by atoms with Crippen LogP contribution in [0.4, 0.5) is 9.59 Å². The Kier molecular flexibility index (Phi) is 11.8. The average Bonchev–Trinajstić information content (AvgIpc) is 3.55. The van der Waals surface area contributed by atoms with Crippen molar-refractivity contribution in [2.24, 2.45) is 0 Å². The number of esters is 2. The number of carbonyl (C=O) groups is 7. The van der Waals surface area contributed by atoms with Gasteiger partial charge >= 0.3 is 24.2 Å². The first-order valence-electron chi connectivity index (χ1n) is 19.0. The lowest BCUT2D eigenvalue weighted by molar-refractivity contribution is -0.167. The van der Waals surface area contributed by atoms with E-state index in [0.717, 1.165) is 10.5 Å². The van der Waals surface area contributed by atoms with Gasteiger partial charge in [0.1, 0.15) is 53.9 Å². The third-order valence-electron chi connectivity index (χ3n) is 10.9. The highest BCUT2D eigenvalue weighted by atomic mass is 32.2. The molecule has 0 bridgehead atoms. The quantitative estimate of drug-likeness (QED) is 0.0827. The Hall–Kier alpha value is -6.15. The molecule has 4 saturated heterocycles. The van der Waals surface area contributed by atoms with Gasteiger partial charge in [0.25, 0.3) is 0 Å². The molecule has 0 radical (unpaired) electrons. The number of fused-ring (bicyclic) bond motifs is 2. The van der Waals surface area contributed by atoms with Gasteiger partial charge in [-0.1, -0.05) is 72.8 Å². The van der Waals surface area contributed by atoms with Crippen LogP contribution < -0.4 is 15.4 Å². The smallest absolute Gasteiger partial charge is 0.459 e. The number of β-lactam (4-membered cyclic amide) rings is 2. The van der Waals surface area contributed by atoms with E-state index in [0.29, 0.717) is 5.56 Å². The second-order valence-electron chi connectivity index (χ2n) is 15.6. The molecule has 18 nitrogen and oxygen atoms in total. The summed E-state index contributed by atoms with van der Waals surface area (Å²) < 4.78 is 49.1. The number of carbonyl (C=O) groups excluding carboxylic acids is 7. The number of sulfone groups is 1. The number of rotatable bonds is 13. The molecule has 4 aliphatic heterocycles. The van der Waals surface area contributed by atoms with Crippen LogP contribution in [-0.4, -0.2) is 105 Å². The molecule has 4 heterocycles. The average molecular weight is 879 g/mol. The van der Waals surface area contributed by atoms with E-state index in [1.807, 2.05) is 44.2 Å². The SMILES string of the molecule is CC1(C)S[C@@H]2C(NC(=O)C(NC(=O)OCc3ccccc3)c3ccc(OC(=O)OCOC(=O)[C@@H]4N5C(=O)C[C@H]5S(=O)(=O)C4(C)C)cc3)C(=O)N2[C@H]1C(=O)OCc1ccccc1. The minimum absolute atomic E-state index is 0.0239. The lowest BCUT2D eigenvalue weighted by Gasteiger charge is -2.44. The number of hydrogen-bond donors (Lipinski definition) is 2. The molecule has 0 spiro atoms. The van der Waals surface area contributed by atoms with Crippen LogP contribution in [-0.2, 0) is 66.0 Å². The van der Waals surface area contributed by atoms with E-state index in [4.69, 9.17) is 23.7 Å². The summed E-state index contributed by atoms with van der Waals surface area (Å²) in [6.45, 7) is 5.22. The van der Waals surface area contributed by atoms with Crippen LogP contribution in [0.5, 0.6) is 5.75 Å². The molecule has 61 heavy (non-hydrogen) atoms. The van der Waals surface area contributed by atoms with Crippen molar-refractivity contribution in [2.75, 3.05) is 6.79 Å². The Morgan fingerprint density at radius 2 is 1.36 bits per heavy atom. The Balaban J connectivity index is 0.978. The highest BCUT2D eigenvalue weighted by Crippen LogP contribution is 2.51. The summed E-state index contributed by atoms with van der Waals surface area (Å²) in [5.41, 5.74) is 1.67. The molecule has 7 rings (SSSR count). The summed E-state index contributed by atoms with van der Waals surface area (Å²) in [5.74, 6) is -3.54. The Morgan fingerprint density at radius 3 is 1.97 bits per heavy atom. The van der Waals surface area contributed by atoms with Crippen molar-refractivity contribution in [3.8, 4) is 5.75 Å². The fraction of sp³-hybridized carbons (Fsp3) is 0.390. The molecule has 2 N–H and O–H groups in total. The number of nitrogens with one attached hydrogen (secondary N) is 2. The topological polar surface area (TPSA) is 230 Å². The molecule has 4 amide bonds. The van der Waals surface area contributed by atoms with Gasteiger partial charge in [0.15, 0.2) is 9.84 Å². The van der Waals surface area contributed by atoms with Gasteiger partial charge in [-0.3, -0.25) is 14.4 Å². The number of ether oxygens (including phenoxy) is 5. The number of nitrogens with zero attached hydrogens (tertiary/aromatic N) is 2. The van der Waals surface area contributed by atoms with Crippen molar-refractivity contribution in [2.45, 2.75) is 91.7 Å². The van der Waals surface area contributed by atoms with Crippen molar-refractivity contribution in [1.82, 2.24) is 20.4 Å². The van der Waals surface area contributed by atoms with Gasteiger partial charge in [0.2, 0.25) is 24.5 Å². The molecule has 3 aromatic carbocycles. The van der Waals surface area contributed by atoms with Gasteiger partial charge in [0, 0.05) is 4.75 Å². The molecule has 4 fully saturated rings. The standard InChI is InChI=1S/C41H42N4O14S2/c1-40(2)31(36(49)55-20-23-11-7-5-8-12-23)45-34(48)30(35(45)60-40)42-33(47)29(43-38(51)56-21-24-13-9-6-10-14-24)25-15-17-26(18-16-25)59-39(52)58-22-57-37(50)32-41(3,4)61(53,54)28-19-27(46)44(28)32/h5-18,28-32,35H,19-22H2,1-4H3,(H,42,47)(H,43,51)/t28-,29?,30?,31+,32+,35-/m1/s1. The molecule has 4 aliphatic rings. The minimum Gasteiger partial charge on any atom is -0.459 e. The maximum atomic E-state index is 13.9. The van der Waals surface area contributed by atoms with Gasteiger partial charge in [-0.05, 0) is 56.5 Å². The summed E-state index contributed by atoms with van der Waals surface area (Å²) >= 11 is 1.33. The third kappa shape index (κ3) is 8.33. The summed E-state index contributed by atoms with van der Waals surface area (Å²) in [6, 6.07) is 18.4. The Labute approximate surface area is 354 Å². The first kappa shape index (κ1) is 43.0. The summed E-state index contributed by atoms with van der Waals surface area (Å²) in [5, 5.41) is 3.51. The molecular formula is C41H42N4O14S2. The number of alkyl carbamates (subject to hydrolysis) is 1. The van der Waals surface area contributed by atoms with E-state index >= 15 is 0 Å². The zero-order chi connectivity index (χ0) is 43.9. The van der Waals surface area contributed by atoms with Gasteiger partial charge < -0.3 is 44.1 Å². The Morgan fingerprint density at radius 1 is 0.770 bits per heavy atom. The van der Waals surface area contributed by atoms with Crippen LogP contribution in [0.1, 0.15) is 56.8 Å². The molecule has 0 aromatic heterocycles. The van der Waals surface area contributed by atoms with Gasteiger partial charge in [0.05, 0.1) is 11.2 Å². The van der Waals surface area contributed by atoms with E-state index in [9.17, 15) is 42.0 Å². The molecule has 322 valence electrons. The maximum Gasteiger partial charge on any atom is 0.516 e. The highest BCUT2D eigenvalue weighted by Gasteiger charge is 2.68. The van der Waals surface area contributed by atoms with E-state index < -0.39 is 103 Å². The first-order valence-corrected chi connectivity index (χ1v) is 21.5. The number of amides is 4. The van der Waals surface area contributed by atoms with E-state index in [1.54, 1.807) is 30.3 Å². The molecule has 2 unspecified atom stereocenters. The van der Waals surface area contributed by atoms with E-state index in [1.165, 1.54) is 54.8 Å². The van der Waals surface area contributed by atoms with Crippen molar-refractivity contribution in [3.63, 3.8) is 0 Å². The summed E-state index contributed by atoms with van der Waals surface area (Å²) in [6.07, 6.45) is -2.49. The zero-order valence-corrected chi connectivity index (χ0v) is 34.9. The molecular weight excluding hydrogens is 837 g/mol. The van der Waals surface area contributed by atoms with Crippen LogP contribution in [0.3, 0.4) is 0 Å². The molecule has 6 atom stereocenters. The predicted octanol–water partition coefficient (Wildman–Crippen LogP) is 3.09. The van der Waals surface area contributed by atoms with Gasteiger partial charge in [-0.2, -0.15) is 0 Å². The van der Waals surface area contributed by atoms with Crippen LogP contribution in [0, 0.1) is 0 Å². The maximum absolute atomic E-state index is 13.9. The fourth-order valence-corrected chi connectivity index (χ4v) is 11.4. The normalized spacial score (nSPS) is 24.1.